The Hall–Kier alpha value is -2.73. The van der Waals surface area contributed by atoms with Crippen LogP contribution in [0.2, 0.25) is 0 Å². The lowest BCUT2D eigenvalue weighted by atomic mass is 9.99. The molecule has 0 saturated heterocycles. The van der Waals surface area contributed by atoms with Gasteiger partial charge in [-0.3, -0.25) is 14.6 Å². The summed E-state index contributed by atoms with van der Waals surface area (Å²) in [7, 11) is 0. The lowest BCUT2D eigenvalue weighted by molar-refractivity contribution is -0.123. The summed E-state index contributed by atoms with van der Waals surface area (Å²) in [6, 6.07) is 8.72. The SMILES string of the molecule is NC(c1ccncc1)c1ccc2c(c1)NC(=O)CC(=O)N2. The molecule has 2 heterocycles. The third-order valence-electron chi connectivity index (χ3n) is 3.34. The van der Waals surface area contributed by atoms with Crippen molar-refractivity contribution in [3.8, 4) is 0 Å². The molecule has 0 spiro atoms. The Morgan fingerprint density at radius 3 is 2.33 bits per heavy atom. The van der Waals surface area contributed by atoms with E-state index < -0.39 is 0 Å². The Morgan fingerprint density at radius 1 is 0.952 bits per heavy atom. The van der Waals surface area contributed by atoms with Crippen molar-refractivity contribution in [1.82, 2.24) is 4.98 Å². The average molecular weight is 282 g/mol. The van der Waals surface area contributed by atoms with Crippen molar-refractivity contribution < 1.29 is 9.59 Å². The first kappa shape index (κ1) is 13.3. The third kappa shape index (κ3) is 2.75. The van der Waals surface area contributed by atoms with Gasteiger partial charge in [-0.25, -0.2) is 0 Å². The minimum Gasteiger partial charge on any atom is -0.324 e. The standard InChI is InChI=1S/C15H14N4O2/c16-15(9-3-5-17-6-4-9)10-1-2-11-12(7-10)19-14(21)8-13(20)18-11/h1-7,15H,8,16H2,(H,18,20)(H,19,21). The highest BCUT2D eigenvalue weighted by Gasteiger charge is 2.19. The minimum absolute atomic E-state index is 0.180. The van der Waals surface area contributed by atoms with Crippen LogP contribution in [-0.2, 0) is 9.59 Å². The normalized spacial score (nSPS) is 15.5. The molecule has 0 saturated carbocycles. The van der Waals surface area contributed by atoms with Gasteiger partial charge in [0.1, 0.15) is 6.42 Å². The molecule has 106 valence electrons. The van der Waals surface area contributed by atoms with E-state index in [0.717, 1.165) is 11.1 Å². The van der Waals surface area contributed by atoms with Gasteiger partial charge in [0, 0.05) is 12.4 Å². The topological polar surface area (TPSA) is 97.1 Å². The van der Waals surface area contributed by atoms with Gasteiger partial charge >= 0.3 is 0 Å². The molecule has 0 fully saturated rings. The number of carbonyl (C=O) groups excluding carboxylic acids is 2. The fourth-order valence-electron chi connectivity index (χ4n) is 2.27. The highest BCUT2D eigenvalue weighted by Crippen LogP contribution is 2.29. The molecule has 3 rings (SSSR count). The number of pyridine rings is 1. The van der Waals surface area contributed by atoms with Gasteiger partial charge in [-0.05, 0) is 35.4 Å². The Morgan fingerprint density at radius 2 is 1.62 bits per heavy atom. The number of aromatic nitrogens is 1. The molecule has 1 aromatic carbocycles. The van der Waals surface area contributed by atoms with Crippen molar-refractivity contribution >= 4 is 23.2 Å². The van der Waals surface area contributed by atoms with Crippen LogP contribution in [0.25, 0.3) is 0 Å². The fourth-order valence-corrected chi connectivity index (χ4v) is 2.27. The Labute approximate surface area is 121 Å². The summed E-state index contributed by atoms with van der Waals surface area (Å²) in [4.78, 5) is 27.1. The summed E-state index contributed by atoms with van der Waals surface area (Å²) in [5.41, 5.74) is 9.13. The van der Waals surface area contributed by atoms with Crippen LogP contribution < -0.4 is 16.4 Å². The van der Waals surface area contributed by atoms with Gasteiger partial charge in [-0.2, -0.15) is 0 Å². The molecular formula is C15H14N4O2. The number of hydrogen-bond acceptors (Lipinski definition) is 4. The highest BCUT2D eigenvalue weighted by atomic mass is 16.2. The summed E-state index contributed by atoms with van der Waals surface area (Å²) < 4.78 is 0. The van der Waals surface area contributed by atoms with Gasteiger partial charge in [-0.1, -0.05) is 6.07 Å². The molecule has 0 bridgehead atoms. The van der Waals surface area contributed by atoms with Crippen molar-refractivity contribution in [3.05, 3.63) is 53.9 Å². The number of nitrogens with two attached hydrogens (primary N) is 1. The van der Waals surface area contributed by atoms with Gasteiger partial charge in [0.2, 0.25) is 11.8 Å². The average Bonchev–Trinajstić information content (AvgIpc) is 2.63. The number of anilines is 2. The number of hydrogen-bond donors (Lipinski definition) is 3. The quantitative estimate of drug-likeness (QED) is 0.725. The first-order chi connectivity index (χ1) is 10.1. The zero-order chi connectivity index (χ0) is 14.8. The predicted molar refractivity (Wildman–Crippen MR) is 78.6 cm³/mol. The Kier molecular flexibility index (Phi) is 3.37. The van der Waals surface area contributed by atoms with Gasteiger partial charge in [0.15, 0.2) is 0 Å². The second-order valence-corrected chi connectivity index (χ2v) is 4.84. The molecule has 1 aliphatic rings. The van der Waals surface area contributed by atoms with E-state index in [4.69, 9.17) is 5.73 Å². The Balaban J connectivity index is 1.96. The summed E-state index contributed by atoms with van der Waals surface area (Å²) in [5.74, 6) is -0.654. The molecule has 1 unspecified atom stereocenters. The Bertz CT molecular complexity index is 700. The van der Waals surface area contributed by atoms with Crippen molar-refractivity contribution in [2.24, 2.45) is 5.73 Å². The number of nitrogens with one attached hydrogen (secondary N) is 2. The van der Waals surface area contributed by atoms with Crippen LogP contribution in [0.15, 0.2) is 42.7 Å². The molecule has 4 N–H and O–H groups in total. The van der Waals surface area contributed by atoms with Crippen molar-refractivity contribution in [1.29, 1.82) is 0 Å². The molecule has 6 heteroatoms. The number of rotatable bonds is 2. The molecular weight excluding hydrogens is 268 g/mol. The van der Waals surface area contributed by atoms with E-state index in [1.54, 1.807) is 24.5 Å². The molecule has 0 aliphatic carbocycles. The van der Waals surface area contributed by atoms with Crippen LogP contribution in [-0.4, -0.2) is 16.8 Å². The lowest BCUT2D eigenvalue weighted by Gasteiger charge is -2.15. The fraction of sp³-hybridized carbons (Fsp3) is 0.133. The van der Waals surface area contributed by atoms with E-state index in [-0.39, 0.29) is 24.3 Å². The molecule has 1 aliphatic heterocycles. The maximum Gasteiger partial charge on any atom is 0.233 e. The number of nitrogens with zero attached hydrogens (tertiary/aromatic N) is 1. The van der Waals surface area contributed by atoms with Crippen LogP contribution in [0.4, 0.5) is 11.4 Å². The van der Waals surface area contributed by atoms with Gasteiger partial charge in [-0.15, -0.1) is 0 Å². The number of carbonyl (C=O) groups is 2. The van der Waals surface area contributed by atoms with E-state index in [2.05, 4.69) is 15.6 Å². The van der Waals surface area contributed by atoms with Crippen LogP contribution in [0, 0.1) is 0 Å². The van der Waals surface area contributed by atoms with E-state index in [9.17, 15) is 9.59 Å². The molecule has 6 nitrogen and oxygen atoms in total. The maximum atomic E-state index is 11.6. The number of fused-ring (bicyclic) bond motifs is 1. The summed E-state index contributed by atoms with van der Waals surface area (Å²) >= 11 is 0. The summed E-state index contributed by atoms with van der Waals surface area (Å²) in [6.45, 7) is 0. The molecule has 2 amide bonds. The molecule has 0 radical (unpaired) electrons. The zero-order valence-electron chi connectivity index (χ0n) is 11.2. The largest absolute Gasteiger partial charge is 0.324 e. The molecule has 1 aromatic heterocycles. The van der Waals surface area contributed by atoms with Gasteiger partial charge in [0.05, 0.1) is 17.4 Å². The highest BCUT2D eigenvalue weighted by molar-refractivity contribution is 6.13. The van der Waals surface area contributed by atoms with Crippen molar-refractivity contribution in [2.45, 2.75) is 12.5 Å². The summed E-state index contributed by atoms with van der Waals surface area (Å²) in [5, 5.41) is 5.39. The van der Waals surface area contributed by atoms with E-state index in [1.165, 1.54) is 0 Å². The van der Waals surface area contributed by atoms with E-state index >= 15 is 0 Å². The lowest BCUT2D eigenvalue weighted by Crippen LogP contribution is -2.16. The van der Waals surface area contributed by atoms with E-state index in [1.807, 2.05) is 18.2 Å². The van der Waals surface area contributed by atoms with Crippen LogP contribution >= 0.6 is 0 Å². The summed E-state index contributed by atoms with van der Waals surface area (Å²) in [6.07, 6.45) is 3.18. The smallest absolute Gasteiger partial charge is 0.233 e. The molecule has 21 heavy (non-hydrogen) atoms. The van der Waals surface area contributed by atoms with E-state index in [0.29, 0.717) is 11.4 Å². The van der Waals surface area contributed by atoms with Gasteiger partial charge < -0.3 is 16.4 Å². The predicted octanol–water partition coefficient (Wildman–Crippen LogP) is 1.41. The molecule has 1 atom stereocenters. The third-order valence-corrected chi connectivity index (χ3v) is 3.34. The van der Waals surface area contributed by atoms with Crippen LogP contribution in [0.3, 0.4) is 0 Å². The van der Waals surface area contributed by atoms with Crippen LogP contribution in [0.5, 0.6) is 0 Å². The first-order valence-corrected chi connectivity index (χ1v) is 6.52. The monoisotopic (exact) mass is 282 g/mol. The molecule has 2 aromatic rings. The van der Waals surface area contributed by atoms with Gasteiger partial charge in [0.25, 0.3) is 0 Å². The second kappa shape index (κ2) is 5.34. The van der Waals surface area contributed by atoms with Crippen molar-refractivity contribution in [3.63, 3.8) is 0 Å². The maximum absolute atomic E-state index is 11.6. The first-order valence-electron chi connectivity index (χ1n) is 6.52. The van der Waals surface area contributed by atoms with Crippen molar-refractivity contribution in [2.75, 3.05) is 10.6 Å². The number of benzene rings is 1. The zero-order valence-corrected chi connectivity index (χ0v) is 11.2. The minimum atomic E-state index is -0.333. The number of amides is 2. The van der Waals surface area contributed by atoms with Crippen LogP contribution in [0.1, 0.15) is 23.6 Å². The second-order valence-electron chi connectivity index (χ2n) is 4.84.